The highest BCUT2D eigenvalue weighted by molar-refractivity contribution is 5.85. The van der Waals surface area contributed by atoms with E-state index in [1.54, 1.807) is 6.08 Å². The van der Waals surface area contributed by atoms with Gasteiger partial charge in [0, 0.05) is 6.08 Å². The molecule has 0 aliphatic heterocycles. The fraction of sp³-hybridized carbons (Fsp3) is 0.412. The van der Waals surface area contributed by atoms with Gasteiger partial charge in [0.15, 0.2) is 5.82 Å². The molecule has 1 aliphatic carbocycles. The molecule has 1 aromatic heterocycles. The minimum atomic E-state index is -0.381. The van der Waals surface area contributed by atoms with Gasteiger partial charge in [0.25, 0.3) is 5.89 Å². The lowest BCUT2D eigenvalue weighted by Gasteiger charge is -2.34. The summed E-state index contributed by atoms with van der Waals surface area (Å²) >= 11 is 0. The second kappa shape index (κ2) is 7.62. The smallest absolute Gasteiger partial charge is 0.250 e. The fourth-order valence-electron chi connectivity index (χ4n) is 2.35. The topological polar surface area (TPSA) is 74.2 Å². The van der Waals surface area contributed by atoms with Crippen LogP contribution in [0.5, 0.6) is 5.75 Å². The van der Waals surface area contributed by atoms with Crippen LogP contribution in [0.2, 0.25) is 0 Å². The summed E-state index contributed by atoms with van der Waals surface area (Å²) in [5.41, 5.74) is 6.85. The molecule has 0 amide bonds. The number of hydrogen-bond donors (Lipinski definition) is 1. The average molecular weight is 336 g/mol. The second-order valence-corrected chi connectivity index (χ2v) is 5.72. The van der Waals surface area contributed by atoms with Crippen LogP contribution in [0.3, 0.4) is 0 Å². The molecule has 6 heteroatoms. The van der Waals surface area contributed by atoms with Crippen molar-refractivity contribution >= 4 is 24.6 Å². The van der Waals surface area contributed by atoms with Crippen molar-refractivity contribution in [2.24, 2.45) is 5.73 Å². The molecule has 23 heavy (non-hydrogen) atoms. The lowest BCUT2D eigenvalue weighted by molar-refractivity contribution is 0.229. The van der Waals surface area contributed by atoms with Gasteiger partial charge in [-0.1, -0.05) is 24.2 Å². The van der Waals surface area contributed by atoms with Gasteiger partial charge in [0.05, 0.1) is 12.1 Å². The molecule has 0 radical (unpaired) electrons. The quantitative estimate of drug-likeness (QED) is 0.869. The van der Waals surface area contributed by atoms with Crippen molar-refractivity contribution in [3.63, 3.8) is 0 Å². The van der Waals surface area contributed by atoms with Gasteiger partial charge >= 0.3 is 0 Å². The first-order valence-electron chi connectivity index (χ1n) is 7.74. The van der Waals surface area contributed by atoms with Crippen LogP contribution in [0.4, 0.5) is 0 Å². The standard InChI is InChI=1S/C17H21N3O2.ClH/c1-2-12-21-14-7-4-13(5-8-14)6-9-15-19-16(20-22-15)17(18)10-3-11-17;/h4-9H,2-3,10-12,18H2,1H3;1H/b9-6+;. The highest BCUT2D eigenvalue weighted by Crippen LogP contribution is 2.36. The van der Waals surface area contributed by atoms with Gasteiger partial charge in [-0.15, -0.1) is 12.4 Å². The van der Waals surface area contributed by atoms with E-state index in [2.05, 4.69) is 17.1 Å². The summed E-state index contributed by atoms with van der Waals surface area (Å²) < 4.78 is 10.8. The molecule has 0 atom stereocenters. The molecular formula is C17H22ClN3O2. The molecule has 1 aromatic carbocycles. The predicted octanol–water partition coefficient (Wildman–Crippen LogP) is 3.79. The molecule has 124 valence electrons. The molecule has 0 unspecified atom stereocenters. The number of hydrogen-bond acceptors (Lipinski definition) is 5. The SMILES string of the molecule is CCCOc1ccc(/C=C/c2nc(C3(N)CCC3)no2)cc1.Cl. The Morgan fingerprint density at radius 3 is 2.61 bits per heavy atom. The molecule has 0 spiro atoms. The third-order valence-corrected chi connectivity index (χ3v) is 3.90. The zero-order chi connectivity index (χ0) is 15.4. The first-order valence-corrected chi connectivity index (χ1v) is 7.74. The summed E-state index contributed by atoms with van der Waals surface area (Å²) in [5, 5.41) is 3.99. The van der Waals surface area contributed by atoms with Crippen LogP contribution in [0, 0.1) is 0 Å². The Bertz CT molecular complexity index is 648. The zero-order valence-electron chi connectivity index (χ0n) is 13.2. The Morgan fingerprint density at radius 1 is 1.26 bits per heavy atom. The number of ether oxygens (including phenoxy) is 1. The highest BCUT2D eigenvalue weighted by atomic mass is 35.5. The first kappa shape index (κ1) is 17.5. The zero-order valence-corrected chi connectivity index (χ0v) is 14.0. The van der Waals surface area contributed by atoms with Crippen LogP contribution < -0.4 is 10.5 Å². The minimum absolute atomic E-state index is 0. The number of rotatable bonds is 6. The maximum atomic E-state index is 6.18. The first-order chi connectivity index (χ1) is 10.7. The van der Waals surface area contributed by atoms with Crippen molar-refractivity contribution in [1.29, 1.82) is 0 Å². The molecule has 1 fully saturated rings. The number of aromatic nitrogens is 2. The number of halogens is 1. The van der Waals surface area contributed by atoms with Gasteiger partial charge in [0.2, 0.25) is 0 Å². The van der Waals surface area contributed by atoms with Gasteiger partial charge < -0.3 is 15.0 Å². The third kappa shape index (κ3) is 4.12. The van der Waals surface area contributed by atoms with E-state index in [1.807, 2.05) is 30.3 Å². The predicted molar refractivity (Wildman–Crippen MR) is 92.4 cm³/mol. The van der Waals surface area contributed by atoms with Crippen molar-refractivity contribution in [3.05, 3.63) is 41.5 Å². The van der Waals surface area contributed by atoms with Crippen LogP contribution in [-0.2, 0) is 5.54 Å². The highest BCUT2D eigenvalue weighted by Gasteiger charge is 2.38. The van der Waals surface area contributed by atoms with E-state index < -0.39 is 0 Å². The van der Waals surface area contributed by atoms with Crippen LogP contribution in [0.1, 0.15) is 49.9 Å². The van der Waals surface area contributed by atoms with Gasteiger partial charge in [-0.25, -0.2) is 0 Å². The van der Waals surface area contributed by atoms with E-state index in [9.17, 15) is 0 Å². The summed E-state index contributed by atoms with van der Waals surface area (Å²) in [6.07, 6.45) is 7.72. The summed E-state index contributed by atoms with van der Waals surface area (Å²) in [6, 6.07) is 7.90. The monoisotopic (exact) mass is 335 g/mol. The summed E-state index contributed by atoms with van der Waals surface area (Å²) in [4.78, 5) is 4.36. The van der Waals surface area contributed by atoms with Gasteiger partial charge in [-0.3, -0.25) is 0 Å². The van der Waals surface area contributed by atoms with Crippen LogP contribution in [0.25, 0.3) is 12.2 Å². The molecular weight excluding hydrogens is 314 g/mol. The lowest BCUT2D eigenvalue weighted by atomic mass is 9.77. The van der Waals surface area contributed by atoms with Gasteiger partial charge in [0.1, 0.15) is 5.75 Å². The normalized spacial score (nSPS) is 15.9. The van der Waals surface area contributed by atoms with Gasteiger partial charge in [-0.2, -0.15) is 4.98 Å². The van der Waals surface area contributed by atoms with Crippen molar-refractivity contribution in [1.82, 2.24) is 10.1 Å². The lowest BCUT2D eigenvalue weighted by Crippen LogP contribution is -2.44. The van der Waals surface area contributed by atoms with Crippen molar-refractivity contribution in [2.75, 3.05) is 6.61 Å². The average Bonchev–Trinajstić information content (AvgIpc) is 2.99. The van der Waals surface area contributed by atoms with Crippen LogP contribution in [-0.4, -0.2) is 16.7 Å². The minimum Gasteiger partial charge on any atom is -0.494 e. The Hall–Kier alpha value is -1.85. The Balaban J connectivity index is 0.00000192. The van der Waals surface area contributed by atoms with E-state index in [4.69, 9.17) is 15.0 Å². The van der Waals surface area contributed by atoms with E-state index >= 15 is 0 Å². The number of nitrogens with two attached hydrogens (primary N) is 1. The van der Waals surface area contributed by atoms with E-state index in [1.165, 1.54) is 0 Å². The van der Waals surface area contributed by atoms with Crippen LogP contribution >= 0.6 is 12.4 Å². The molecule has 5 nitrogen and oxygen atoms in total. The summed E-state index contributed by atoms with van der Waals surface area (Å²) in [5.74, 6) is 1.98. The van der Waals surface area contributed by atoms with E-state index in [0.717, 1.165) is 43.6 Å². The molecule has 1 saturated carbocycles. The van der Waals surface area contributed by atoms with E-state index in [0.29, 0.717) is 11.7 Å². The molecule has 1 aliphatic rings. The molecule has 3 rings (SSSR count). The summed E-state index contributed by atoms with van der Waals surface area (Å²) in [7, 11) is 0. The number of benzene rings is 1. The Labute approximate surface area is 142 Å². The third-order valence-electron chi connectivity index (χ3n) is 3.90. The molecule has 0 bridgehead atoms. The van der Waals surface area contributed by atoms with Crippen molar-refractivity contribution < 1.29 is 9.26 Å². The molecule has 2 aromatic rings. The fourth-order valence-corrected chi connectivity index (χ4v) is 2.35. The molecule has 0 saturated heterocycles. The second-order valence-electron chi connectivity index (χ2n) is 5.72. The Kier molecular flexibility index (Phi) is 5.80. The largest absolute Gasteiger partial charge is 0.494 e. The van der Waals surface area contributed by atoms with E-state index in [-0.39, 0.29) is 17.9 Å². The van der Waals surface area contributed by atoms with Gasteiger partial charge in [-0.05, 0) is 49.5 Å². The Morgan fingerprint density at radius 2 is 2.00 bits per heavy atom. The molecule has 1 heterocycles. The van der Waals surface area contributed by atoms with Crippen molar-refractivity contribution in [3.8, 4) is 5.75 Å². The molecule has 2 N–H and O–H groups in total. The summed E-state index contributed by atoms with van der Waals surface area (Å²) in [6.45, 7) is 2.83. The number of nitrogens with zero attached hydrogens (tertiary/aromatic N) is 2. The van der Waals surface area contributed by atoms with Crippen LogP contribution in [0.15, 0.2) is 28.8 Å². The maximum absolute atomic E-state index is 6.18. The van der Waals surface area contributed by atoms with Crippen molar-refractivity contribution in [2.45, 2.75) is 38.1 Å². The maximum Gasteiger partial charge on any atom is 0.250 e.